The summed E-state index contributed by atoms with van der Waals surface area (Å²) in [6.45, 7) is 5.59. The van der Waals surface area contributed by atoms with Gasteiger partial charge in [0.25, 0.3) is 5.91 Å². The number of hydrogen-bond donors (Lipinski definition) is 2. The molecule has 0 aliphatic carbocycles. The van der Waals surface area contributed by atoms with Crippen molar-refractivity contribution in [2.75, 3.05) is 0 Å². The fourth-order valence-electron chi connectivity index (χ4n) is 2.00. The minimum atomic E-state index is -4.25. The number of amides is 1. The highest BCUT2D eigenvalue weighted by Gasteiger charge is 2.26. The van der Waals surface area contributed by atoms with Crippen molar-refractivity contribution in [3.63, 3.8) is 0 Å². The molecular weight excluding hydrogens is 363 g/mol. The van der Waals surface area contributed by atoms with Gasteiger partial charge in [-0.15, -0.1) is 0 Å². The number of nitrogens with two attached hydrogens (primary N) is 1. The number of carbonyl (C=O) groups excluding carboxylic acids is 1. The van der Waals surface area contributed by atoms with Gasteiger partial charge in [-0.2, -0.15) is 0 Å². The minimum Gasteiger partial charge on any atom is -0.347 e. The van der Waals surface area contributed by atoms with Crippen LogP contribution in [0.15, 0.2) is 21.5 Å². The van der Waals surface area contributed by atoms with Crippen LogP contribution in [-0.2, 0) is 10.0 Å². The third-order valence-electron chi connectivity index (χ3n) is 2.88. The Bertz CT molecular complexity index is 660. The quantitative estimate of drug-likeness (QED) is 0.822. The first-order chi connectivity index (χ1) is 9.48. The molecule has 5 nitrogen and oxygen atoms in total. The maximum atomic E-state index is 14.2. The SMILES string of the molecule is CCCC(C)(C)NC(=O)c1cc(Br)cc(S(N)(=O)=O)c1F. The van der Waals surface area contributed by atoms with Gasteiger partial charge in [0.1, 0.15) is 4.90 Å². The molecule has 8 heteroatoms. The zero-order chi connectivity index (χ0) is 16.4. The molecule has 0 fully saturated rings. The zero-order valence-corrected chi connectivity index (χ0v) is 14.4. The van der Waals surface area contributed by atoms with E-state index in [2.05, 4.69) is 21.2 Å². The summed E-state index contributed by atoms with van der Waals surface area (Å²) in [4.78, 5) is 11.5. The first-order valence-corrected chi connectivity index (χ1v) is 8.66. The summed E-state index contributed by atoms with van der Waals surface area (Å²) < 4.78 is 37.2. The number of halogens is 2. The minimum absolute atomic E-state index is 0.256. The molecule has 0 aromatic heterocycles. The molecule has 0 saturated carbocycles. The van der Waals surface area contributed by atoms with Gasteiger partial charge in [0.15, 0.2) is 5.82 Å². The number of primary sulfonamides is 1. The van der Waals surface area contributed by atoms with Gasteiger partial charge in [-0.05, 0) is 32.4 Å². The normalized spacial score (nSPS) is 12.3. The Kier molecular flexibility index (Phi) is 5.51. The van der Waals surface area contributed by atoms with E-state index in [1.165, 1.54) is 6.07 Å². The van der Waals surface area contributed by atoms with Gasteiger partial charge < -0.3 is 5.32 Å². The van der Waals surface area contributed by atoms with Crippen LogP contribution in [0.1, 0.15) is 44.0 Å². The van der Waals surface area contributed by atoms with Crippen LogP contribution in [0, 0.1) is 5.82 Å². The van der Waals surface area contributed by atoms with Crippen molar-refractivity contribution in [2.45, 2.75) is 44.0 Å². The van der Waals surface area contributed by atoms with Crippen LogP contribution >= 0.6 is 15.9 Å². The largest absolute Gasteiger partial charge is 0.347 e. The van der Waals surface area contributed by atoms with E-state index in [9.17, 15) is 17.6 Å². The summed E-state index contributed by atoms with van der Waals surface area (Å²) in [5, 5.41) is 7.63. The molecule has 21 heavy (non-hydrogen) atoms. The van der Waals surface area contributed by atoms with Crippen molar-refractivity contribution >= 4 is 31.9 Å². The molecule has 0 aliphatic rings. The van der Waals surface area contributed by atoms with Crippen molar-refractivity contribution in [1.29, 1.82) is 0 Å². The lowest BCUT2D eigenvalue weighted by Gasteiger charge is -2.26. The molecule has 1 amide bonds. The number of hydrogen-bond acceptors (Lipinski definition) is 3. The second-order valence-electron chi connectivity index (χ2n) is 5.40. The fraction of sp³-hybridized carbons (Fsp3) is 0.462. The molecular formula is C13H18BrFN2O3S. The summed E-state index contributed by atoms with van der Waals surface area (Å²) in [7, 11) is -4.25. The molecule has 0 atom stereocenters. The Morgan fingerprint density at radius 2 is 2.00 bits per heavy atom. The van der Waals surface area contributed by atoms with Gasteiger partial charge >= 0.3 is 0 Å². The molecule has 0 unspecified atom stereocenters. The first kappa shape index (κ1) is 18.1. The average Bonchev–Trinajstić information content (AvgIpc) is 2.29. The van der Waals surface area contributed by atoms with Gasteiger partial charge in [-0.1, -0.05) is 29.3 Å². The third-order valence-corrected chi connectivity index (χ3v) is 4.25. The van der Waals surface area contributed by atoms with Gasteiger partial charge in [0.2, 0.25) is 10.0 Å². The predicted octanol–water partition coefficient (Wildman–Crippen LogP) is 2.54. The lowest BCUT2D eigenvalue weighted by molar-refractivity contribution is 0.0904. The highest BCUT2D eigenvalue weighted by atomic mass is 79.9. The van der Waals surface area contributed by atoms with E-state index in [0.717, 1.165) is 12.5 Å². The third kappa shape index (κ3) is 4.76. The zero-order valence-electron chi connectivity index (χ0n) is 12.0. The summed E-state index contributed by atoms with van der Waals surface area (Å²) in [6.07, 6.45) is 1.55. The topological polar surface area (TPSA) is 89.3 Å². The summed E-state index contributed by atoms with van der Waals surface area (Å²) >= 11 is 3.05. The van der Waals surface area contributed by atoms with Crippen LogP contribution in [0.3, 0.4) is 0 Å². The van der Waals surface area contributed by atoms with E-state index in [4.69, 9.17) is 5.14 Å². The standard InChI is InChI=1S/C13H18BrFN2O3S/c1-4-5-13(2,3)17-12(18)9-6-8(14)7-10(11(9)15)21(16,19)20/h6-7H,4-5H2,1-3H3,(H,17,18)(H2,16,19,20). The molecule has 1 aromatic carbocycles. The number of nitrogens with one attached hydrogen (secondary N) is 1. The van der Waals surface area contributed by atoms with E-state index < -0.39 is 32.2 Å². The molecule has 1 aromatic rings. The van der Waals surface area contributed by atoms with Crippen molar-refractivity contribution in [2.24, 2.45) is 5.14 Å². The molecule has 0 radical (unpaired) electrons. The highest BCUT2D eigenvalue weighted by molar-refractivity contribution is 9.10. The van der Waals surface area contributed by atoms with E-state index in [-0.39, 0.29) is 10.0 Å². The van der Waals surface area contributed by atoms with Crippen LogP contribution in [0.5, 0.6) is 0 Å². The Hall–Kier alpha value is -0.990. The van der Waals surface area contributed by atoms with Crippen LogP contribution in [0.2, 0.25) is 0 Å². The first-order valence-electron chi connectivity index (χ1n) is 6.32. The van der Waals surface area contributed by atoms with Gasteiger partial charge in [0.05, 0.1) is 5.56 Å². The van der Waals surface area contributed by atoms with Gasteiger partial charge in [-0.3, -0.25) is 4.79 Å². The Morgan fingerprint density at radius 3 is 2.48 bits per heavy atom. The van der Waals surface area contributed by atoms with Crippen molar-refractivity contribution in [1.82, 2.24) is 5.32 Å². The monoisotopic (exact) mass is 380 g/mol. The van der Waals surface area contributed by atoms with Crippen molar-refractivity contribution in [3.05, 3.63) is 28.0 Å². The van der Waals surface area contributed by atoms with Crippen LogP contribution < -0.4 is 10.5 Å². The molecule has 0 saturated heterocycles. The van der Waals surface area contributed by atoms with E-state index >= 15 is 0 Å². The van der Waals surface area contributed by atoms with Crippen molar-refractivity contribution in [3.8, 4) is 0 Å². The smallest absolute Gasteiger partial charge is 0.254 e. The lowest BCUT2D eigenvalue weighted by atomic mass is 9.98. The van der Waals surface area contributed by atoms with Crippen LogP contribution in [0.25, 0.3) is 0 Å². The van der Waals surface area contributed by atoms with E-state index in [1.54, 1.807) is 0 Å². The number of sulfonamides is 1. The van der Waals surface area contributed by atoms with Crippen molar-refractivity contribution < 1.29 is 17.6 Å². The molecule has 0 bridgehead atoms. The number of carbonyl (C=O) groups is 1. The number of rotatable bonds is 5. The molecule has 0 spiro atoms. The molecule has 1 rings (SSSR count). The average molecular weight is 381 g/mol. The lowest BCUT2D eigenvalue weighted by Crippen LogP contribution is -2.43. The molecule has 118 valence electrons. The van der Waals surface area contributed by atoms with Gasteiger partial charge in [0, 0.05) is 10.0 Å². The maximum absolute atomic E-state index is 14.2. The number of benzene rings is 1. The Labute approximate surface area is 132 Å². The van der Waals surface area contributed by atoms with Crippen LogP contribution in [-0.4, -0.2) is 19.9 Å². The van der Waals surface area contributed by atoms with Crippen LogP contribution in [0.4, 0.5) is 4.39 Å². The van der Waals surface area contributed by atoms with E-state index in [1.807, 2.05) is 20.8 Å². The maximum Gasteiger partial charge on any atom is 0.254 e. The molecule has 3 N–H and O–H groups in total. The summed E-state index contributed by atoms with van der Waals surface area (Å²) in [5.74, 6) is -1.83. The summed E-state index contributed by atoms with van der Waals surface area (Å²) in [5.41, 5.74) is -0.889. The molecule has 0 heterocycles. The predicted molar refractivity (Wildman–Crippen MR) is 81.9 cm³/mol. The Morgan fingerprint density at radius 1 is 1.43 bits per heavy atom. The Balaban J connectivity index is 3.26. The highest BCUT2D eigenvalue weighted by Crippen LogP contribution is 2.24. The summed E-state index contributed by atoms with van der Waals surface area (Å²) in [6, 6.07) is 2.25. The van der Waals surface area contributed by atoms with Gasteiger partial charge in [-0.25, -0.2) is 17.9 Å². The molecule has 0 aliphatic heterocycles. The fourth-order valence-corrected chi connectivity index (χ4v) is 3.26. The second kappa shape index (κ2) is 6.41. The van der Waals surface area contributed by atoms with E-state index in [0.29, 0.717) is 6.42 Å². The second-order valence-corrected chi connectivity index (χ2v) is 7.84.